The first-order valence-corrected chi connectivity index (χ1v) is 8.00. The molecule has 0 aromatic heterocycles. The molecule has 1 aliphatic carbocycles. The highest BCUT2D eigenvalue weighted by Gasteiger charge is 2.38. The maximum absolute atomic E-state index is 10.7. The summed E-state index contributed by atoms with van der Waals surface area (Å²) < 4.78 is 5.74. The number of halogens is 2. The molecule has 1 unspecified atom stereocenters. The lowest BCUT2D eigenvalue weighted by molar-refractivity contribution is -0.111. The summed E-state index contributed by atoms with van der Waals surface area (Å²) in [5.41, 5.74) is 0.579. The van der Waals surface area contributed by atoms with E-state index < -0.39 is 11.7 Å². The van der Waals surface area contributed by atoms with E-state index in [9.17, 15) is 5.11 Å². The zero-order chi connectivity index (χ0) is 14.6. The normalized spacial score (nSPS) is 20.4. The Morgan fingerprint density at radius 2 is 1.80 bits per heavy atom. The molecule has 20 heavy (non-hydrogen) atoms. The minimum atomic E-state index is -0.511. The number of aliphatic hydroxyl groups excluding tert-OH is 1. The van der Waals surface area contributed by atoms with Gasteiger partial charge in [0, 0.05) is 13.5 Å². The molecule has 1 atom stereocenters. The second-order valence-electron chi connectivity index (χ2n) is 5.65. The number of hydrogen-bond donors (Lipinski definition) is 1. The summed E-state index contributed by atoms with van der Waals surface area (Å²) in [5.74, 6) is 0. The lowest BCUT2D eigenvalue weighted by Gasteiger charge is -2.36. The van der Waals surface area contributed by atoms with Gasteiger partial charge in [-0.1, -0.05) is 55.0 Å². The number of benzene rings is 1. The van der Waals surface area contributed by atoms with Crippen LogP contribution in [-0.4, -0.2) is 23.9 Å². The summed E-state index contributed by atoms with van der Waals surface area (Å²) >= 11 is 12.0. The van der Waals surface area contributed by atoms with E-state index in [1.165, 1.54) is 12.8 Å². The van der Waals surface area contributed by atoms with Crippen LogP contribution in [0.3, 0.4) is 0 Å². The first-order chi connectivity index (χ1) is 9.57. The molecule has 0 bridgehead atoms. The van der Waals surface area contributed by atoms with Crippen molar-refractivity contribution in [3.05, 3.63) is 33.8 Å². The minimum absolute atomic E-state index is 0.414. The molecule has 0 radical (unpaired) electrons. The van der Waals surface area contributed by atoms with Gasteiger partial charge in [0.1, 0.15) is 0 Å². The van der Waals surface area contributed by atoms with E-state index in [4.69, 9.17) is 27.9 Å². The molecule has 1 fully saturated rings. The van der Waals surface area contributed by atoms with Gasteiger partial charge < -0.3 is 9.84 Å². The van der Waals surface area contributed by atoms with Crippen LogP contribution in [0.4, 0.5) is 0 Å². The van der Waals surface area contributed by atoms with Crippen molar-refractivity contribution < 1.29 is 9.84 Å². The zero-order valence-electron chi connectivity index (χ0n) is 11.9. The molecule has 1 aromatic rings. The van der Waals surface area contributed by atoms with Crippen molar-refractivity contribution in [2.75, 3.05) is 7.11 Å². The predicted octanol–water partition coefficient (Wildman–Crippen LogP) is 4.64. The highest BCUT2D eigenvalue weighted by Crippen LogP contribution is 2.34. The van der Waals surface area contributed by atoms with Crippen molar-refractivity contribution in [3.63, 3.8) is 0 Å². The van der Waals surface area contributed by atoms with E-state index in [1.807, 2.05) is 12.1 Å². The first kappa shape index (κ1) is 16.1. The fraction of sp³-hybridized carbons (Fsp3) is 0.625. The Kier molecular flexibility index (Phi) is 5.74. The zero-order valence-corrected chi connectivity index (χ0v) is 13.4. The molecule has 0 aliphatic heterocycles. The lowest BCUT2D eigenvalue weighted by Crippen LogP contribution is -2.45. The molecule has 2 nitrogen and oxygen atoms in total. The number of rotatable bonds is 4. The Bertz CT molecular complexity index is 440. The topological polar surface area (TPSA) is 29.5 Å². The van der Waals surface area contributed by atoms with Crippen LogP contribution in [0.15, 0.2) is 18.2 Å². The summed E-state index contributed by atoms with van der Waals surface area (Å²) in [6.45, 7) is 0. The summed E-state index contributed by atoms with van der Waals surface area (Å²) in [6.07, 6.45) is 6.57. The van der Waals surface area contributed by atoms with Crippen molar-refractivity contribution >= 4 is 23.2 Å². The van der Waals surface area contributed by atoms with Crippen LogP contribution in [0.2, 0.25) is 10.0 Å². The molecule has 2 rings (SSSR count). The van der Waals surface area contributed by atoms with Crippen LogP contribution in [0.5, 0.6) is 0 Å². The maximum Gasteiger partial charge on any atom is 0.0939 e. The third kappa shape index (κ3) is 3.67. The summed E-state index contributed by atoms with van der Waals surface area (Å²) in [7, 11) is 1.71. The highest BCUT2D eigenvalue weighted by atomic mass is 35.5. The average Bonchev–Trinajstić information content (AvgIpc) is 2.69. The smallest absolute Gasteiger partial charge is 0.0939 e. The third-order valence-electron chi connectivity index (χ3n) is 4.38. The van der Waals surface area contributed by atoms with Crippen LogP contribution >= 0.6 is 23.2 Å². The van der Waals surface area contributed by atoms with Crippen LogP contribution in [0.25, 0.3) is 0 Å². The van der Waals surface area contributed by atoms with E-state index in [0.717, 1.165) is 31.2 Å². The van der Waals surface area contributed by atoms with Gasteiger partial charge in [-0.2, -0.15) is 0 Å². The quantitative estimate of drug-likeness (QED) is 0.820. The standard InChI is InChI=1S/C16H22Cl2O2/c1-20-16(8-4-2-3-5-9-16)15(19)11-12-6-7-13(17)14(18)10-12/h6-7,10,15,19H,2-5,8-9,11H2,1H3. The Labute approximate surface area is 131 Å². The van der Waals surface area contributed by atoms with Crippen LogP contribution in [0, 0.1) is 0 Å². The minimum Gasteiger partial charge on any atom is -0.390 e. The van der Waals surface area contributed by atoms with E-state index in [1.54, 1.807) is 13.2 Å². The molecule has 112 valence electrons. The van der Waals surface area contributed by atoms with Gasteiger partial charge >= 0.3 is 0 Å². The van der Waals surface area contributed by atoms with Crippen LogP contribution < -0.4 is 0 Å². The molecule has 1 aliphatic rings. The molecule has 1 saturated carbocycles. The van der Waals surface area contributed by atoms with Gasteiger partial charge in [-0.3, -0.25) is 0 Å². The van der Waals surface area contributed by atoms with Gasteiger partial charge in [0.15, 0.2) is 0 Å². The molecule has 0 saturated heterocycles. The molecule has 0 amide bonds. The average molecular weight is 317 g/mol. The predicted molar refractivity (Wildman–Crippen MR) is 83.6 cm³/mol. The molecule has 4 heteroatoms. The van der Waals surface area contributed by atoms with E-state index in [2.05, 4.69) is 0 Å². The highest BCUT2D eigenvalue weighted by molar-refractivity contribution is 6.42. The number of methoxy groups -OCH3 is 1. The summed E-state index contributed by atoms with van der Waals surface area (Å²) in [4.78, 5) is 0. The number of aliphatic hydroxyl groups is 1. The van der Waals surface area contributed by atoms with Gasteiger partial charge in [-0.05, 0) is 30.5 Å². The summed E-state index contributed by atoms with van der Waals surface area (Å²) in [5, 5.41) is 11.7. The Hall–Kier alpha value is -0.280. The fourth-order valence-electron chi connectivity index (χ4n) is 3.08. The first-order valence-electron chi connectivity index (χ1n) is 7.24. The van der Waals surface area contributed by atoms with Gasteiger partial charge in [-0.25, -0.2) is 0 Å². The van der Waals surface area contributed by atoms with Gasteiger partial charge in [0.05, 0.1) is 21.8 Å². The van der Waals surface area contributed by atoms with Gasteiger partial charge in [-0.15, -0.1) is 0 Å². The van der Waals surface area contributed by atoms with Crippen molar-refractivity contribution in [2.24, 2.45) is 0 Å². The van der Waals surface area contributed by atoms with Crippen molar-refractivity contribution in [2.45, 2.75) is 56.7 Å². The Morgan fingerprint density at radius 3 is 2.35 bits per heavy atom. The molecular weight excluding hydrogens is 295 g/mol. The molecular formula is C16H22Cl2O2. The number of ether oxygens (including phenoxy) is 1. The fourth-order valence-corrected chi connectivity index (χ4v) is 3.40. The van der Waals surface area contributed by atoms with Crippen molar-refractivity contribution in [1.29, 1.82) is 0 Å². The second-order valence-corrected chi connectivity index (χ2v) is 6.47. The largest absolute Gasteiger partial charge is 0.390 e. The van der Waals surface area contributed by atoms with Crippen molar-refractivity contribution in [3.8, 4) is 0 Å². The van der Waals surface area contributed by atoms with Crippen LogP contribution in [-0.2, 0) is 11.2 Å². The Morgan fingerprint density at radius 1 is 1.15 bits per heavy atom. The van der Waals surface area contributed by atoms with E-state index in [-0.39, 0.29) is 0 Å². The summed E-state index contributed by atoms with van der Waals surface area (Å²) in [6, 6.07) is 5.52. The van der Waals surface area contributed by atoms with Gasteiger partial charge in [0.2, 0.25) is 0 Å². The van der Waals surface area contributed by atoms with Crippen LogP contribution in [0.1, 0.15) is 44.1 Å². The SMILES string of the molecule is COC1(C(O)Cc2ccc(Cl)c(Cl)c2)CCCCCC1. The Balaban J connectivity index is 2.11. The second kappa shape index (κ2) is 7.13. The molecule has 1 N–H and O–H groups in total. The molecule has 1 aromatic carbocycles. The van der Waals surface area contributed by atoms with Gasteiger partial charge in [0.25, 0.3) is 0 Å². The maximum atomic E-state index is 10.7. The van der Waals surface area contributed by atoms with E-state index in [0.29, 0.717) is 16.5 Å². The molecule has 0 spiro atoms. The lowest BCUT2D eigenvalue weighted by atomic mass is 9.85. The molecule has 0 heterocycles. The third-order valence-corrected chi connectivity index (χ3v) is 5.12. The van der Waals surface area contributed by atoms with E-state index >= 15 is 0 Å². The monoisotopic (exact) mass is 316 g/mol. The number of hydrogen-bond acceptors (Lipinski definition) is 2. The van der Waals surface area contributed by atoms with Crippen molar-refractivity contribution in [1.82, 2.24) is 0 Å².